The second kappa shape index (κ2) is 4.37. The third-order valence-electron chi connectivity index (χ3n) is 2.61. The summed E-state index contributed by atoms with van der Waals surface area (Å²) in [5, 5.41) is 2.57. The Bertz CT molecular complexity index is 548. The van der Waals surface area contributed by atoms with Crippen LogP contribution in [0.2, 0.25) is 5.02 Å². The lowest BCUT2D eigenvalue weighted by Gasteiger charge is -2.21. The van der Waals surface area contributed by atoms with E-state index in [4.69, 9.17) is 21.1 Å². The molecule has 0 radical (unpaired) electrons. The summed E-state index contributed by atoms with van der Waals surface area (Å²) in [5.41, 5.74) is 0.494. The Kier molecular flexibility index (Phi) is 2.83. The van der Waals surface area contributed by atoms with Crippen molar-refractivity contribution in [1.29, 1.82) is 0 Å². The van der Waals surface area contributed by atoms with E-state index < -0.39 is 18.1 Å². The van der Waals surface area contributed by atoms with Crippen LogP contribution >= 0.6 is 23.4 Å². The van der Waals surface area contributed by atoms with Gasteiger partial charge in [0.2, 0.25) is 6.10 Å². The Morgan fingerprint density at radius 2 is 2.22 bits per heavy atom. The second-order valence-electron chi connectivity index (χ2n) is 3.79. The number of fused-ring (bicyclic) bond motifs is 1. The van der Waals surface area contributed by atoms with Gasteiger partial charge in [-0.2, -0.15) is 0 Å². The highest BCUT2D eigenvalue weighted by Crippen LogP contribution is 2.42. The first-order valence-electron chi connectivity index (χ1n) is 5.25. The Hall–Kier alpha value is -1.40. The van der Waals surface area contributed by atoms with Gasteiger partial charge in [-0.05, 0) is 12.1 Å². The van der Waals surface area contributed by atoms with Gasteiger partial charge in [0.15, 0.2) is 0 Å². The van der Waals surface area contributed by atoms with E-state index in [0.29, 0.717) is 22.9 Å². The molecule has 2 aliphatic heterocycles. The number of carbonyl (C=O) groups excluding carboxylic acids is 2. The molecule has 0 saturated carbocycles. The van der Waals surface area contributed by atoms with E-state index in [1.807, 2.05) is 0 Å². The Morgan fingerprint density at radius 1 is 1.39 bits per heavy atom. The molecule has 5 nitrogen and oxygen atoms in total. The summed E-state index contributed by atoms with van der Waals surface area (Å²) in [7, 11) is 0. The van der Waals surface area contributed by atoms with E-state index in [-0.39, 0.29) is 0 Å². The molecule has 94 valence electrons. The minimum atomic E-state index is -0.983. The van der Waals surface area contributed by atoms with Crippen LogP contribution in [0.4, 0.5) is 4.79 Å². The number of cyclic esters (lactones) is 1. The first-order chi connectivity index (χ1) is 8.65. The molecule has 2 amide bonds. The number of benzene rings is 1. The smallest absolute Gasteiger partial charge is 0.415 e. The quantitative estimate of drug-likeness (QED) is 0.856. The predicted molar refractivity (Wildman–Crippen MR) is 65.0 cm³/mol. The molecule has 3 rings (SSSR count). The number of carbonyl (C=O) groups is 2. The maximum absolute atomic E-state index is 11.6. The van der Waals surface area contributed by atoms with Crippen LogP contribution in [0, 0.1) is 0 Å². The molecule has 1 atom stereocenters. The van der Waals surface area contributed by atoms with E-state index in [0.717, 1.165) is 10.6 Å². The fraction of sp³-hybridized carbons (Fsp3) is 0.273. The molecule has 1 saturated heterocycles. The lowest BCUT2D eigenvalue weighted by Crippen LogP contribution is -2.21. The van der Waals surface area contributed by atoms with Crippen molar-refractivity contribution in [2.75, 3.05) is 12.4 Å². The molecule has 0 spiro atoms. The van der Waals surface area contributed by atoms with Crippen LogP contribution in [0.15, 0.2) is 17.0 Å². The summed E-state index contributed by atoms with van der Waals surface area (Å²) in [4.78, 5) is 23.5. The highest BCUT2D eigenvalue weighted by molar-refractivity contribution is 7.99. The van der Waals surface area contributed by atoms with Crippen molar-refractivity contribution in [2.45, 2.75) is 11.0 Å². The van der Waals surface area contributed by atoms with Gasteiger partial charge >= 0.3 is 6.09 Å². The highest BCUT2D eigenvalue weighted by atomic mass is 35.5. The monoisotopic (exact) mass is 285 g/mol. The van der Waals surface area contributed by atoms with Crippen LogP contribution in [0.5, 0.6) is 5.75 Å². The highest BCUT2D eigenvalue weighted by Gasteiger charge is 2.37. The van der Waals surface area contributed by atoms with E-state index in [9.17, 15) is 9.59 Å². The number of rotatable bonds is 1. The van der Waals surface area contributed by atoms with Gasteiger partial charge in [-0.1, -0.05) is 11.6 Å². The molecule has 1 unspecified atom stereocenters. The minimum absolute atomic E-state index is 0.484. The fourth-order valence-electron chi connectivity index (χ4n) is 1.90. The average Bonchev–Trinajstić information content (AvgIpc) is 2.67. The summed E-state index contributed by atoms with van der Waals surface area (Å²) in [6.45, 7) is 0.550. The van der Waals surface area contributed by atoms with Crippen molar-refractivity contribution in [3.8, 4) is 5.75 Å². The first kappa shape index (κ1) is 11.7. The lowest BCUT2D eigenvalue weighted by atomic mass is 10.1. The number of hydrogen-bond donors (Lipinski definition) is 1. The Labute approximate surface area is 112 Å². The normalized spacial score (nSPS) is 21.9. The van der Waals surface area contributed by atoms with E-state index in [1.54, 1.807) is 23.9 Å². The molecule has 1 fully saturated rings. The predicted octanol–water partition coefficient (Wildman–Crippen LogP) is 2.13. The molecule has 2 heterocycles. The molecule has 1 N–H and O–H groups in total. The van der Waals surface area contributed by atoms with Gasteiger partial charge < -0.3 is 9.47 Å². The van der Waals surface area contributed by atoms with E-state index >= 15 is 0 Å². The standard InChI is InChI=1S/C11H8ClNO4S/c12-5-3-6(9-10(14)13-11(15)17-9)8-7(4-5)18-2-1-16-8/h3-4,9H,1-2H2,(H,13,14,15). The van der Waals surface area contributed by atoms with Gasteiger partial charge in [0.25, 0.3) is 5.91 Å². The topological polar surface area (TPSA) is 64.6 Å². The fourth-order valence-corrected chi connectivity index (χ4v) is 3.10. The molecule has 2 aliphatic rings. The average molecular weight is 286 g/mol. The zero-order valence-electron chi connectivity index (χ0n) is 9.07. The SMILES string of the molecule is O=C1NC(=O)C(c2cc(Cl)cc3c2OCCS3)O1. The van der Waals surface area contributed by atoms with Crippen LogP contribution < -0.4 is 10.1 Å². The molecule has 18 heavy (non-hydrogen) atoms. The lowest BCUT2D eigenvalue weighted by molar-refractivity contribution is -0.123. The van der Waals surface area contributed by atoms with Crippen molar-refractivity contribution in [1.82, 2.24) is 5.32 Å². The number of nitrogens with one attached hydrogen (secondary N) is 1. The van der Waals surface area contributed by atoms with Crippen LogP contribution in [-0.4, -0.2) is 24.4 Å². The molecule has 7 heteroatoms. The molecular weight excluding hydrogens is 278 g/mol. The van der Waals surface area contributed by atoms with Gasteiger partial charge in [-0.3, -0.25) is 10.1 Å². The minimum Gasteiger partial charge on any atom is -0.491 e. The van der Waals surface area contributed by atoms with Gasteiger partial charge in [-0.25, -0.2) is 4.79 Å². The molecular formula is C11H8ClNO4S. The second-order valence-corrected chi connectivity index (χ2v) is 5.37. The van der Waals surface area contributed by atoms with Crippen LogP contribution in [0.1, 0.15) is 11.7 Å². The molecule has 1 aromatic carbocycles. The number of halogens is 1. The van der Waals surface area contributed by atoms with E-state index in [1.165, 1.54) is 0 Å². The Balaban J connectivity index is 2.08. The van der Waals surface area contributed by atoms with E-state index in [2.05, 4.69) is 5.32 Å². The maximum atomic E-state index is 11.6. The summed E-state index contributed by atoms with van der Waals surface area (Å²) >= 11 is 7.60. The summed E-state index contributed by atoms with van der Waals surface area (Å²) < 4.78 is 10.5. The summed E-state index contributed by atoms with van der Waals surface area (Å²) in [6.07, 6.45) is -1.73. The third-order valence-corrected chi connectivity index (χ3v) is 3.81. The van der Waals surface area contributed by atoms with Gasteiger partial charge in [-0.15, -0.1) is 11.8 Å². The number of ether oxygens (including phenoxy) is 2. The molecule has 0 aliphatic carbocycles. The van der Waals surface area contributed by atoms with Gasteiger partial charge in [0.05, 0.1) is 11.5 Å². The van der Waals surface area contributed by atoms with Crippen molar-refractivity contribution >= 4 is 35.4 Å². The van der Waals surface area contributed by atoms with Gasteiger partial charge in [0.1, 0.15) is 5.75 Å². The number of alkyl carbamates (subject to hydrolysis) is 1. The maximum Gasteiger partial charge on any atom is 0.415 e. The molecule has 1 aromatic rings. The van der Waals surface area contributed by atoms with Crippen molar-refractivity contribution in [3.05, 3.63) is 22.7 Å². The zero-order valence-corrected chi connectivity index (χ0v) is 10.6. The van der Waals surface area contributed by atoms with Crippen molar-refractivity contribution in [3.63, 3.8) is 0 Å². The number of amides is 2. The number of hydrogen-bond acceptors (Lipinski definition) is 5. The van der Waals surface area contributed by atoms with Crippen molar-refractivity contribution in [2.24, 2.45) is 0 Å². The third kappa shape index (κ3) is 1.91. The van der Waals surface area contributed by atoms with Crippen molar-refractivity contribution < 1.29 is 19.1 Å². The van der Waals surface area contributed by atoms with Crippen LogP contribution in [0.3, 0.4) is 0 Å². The van der Waals surface area contributed by atoms with Crippen LogP contribution in [-0.2, 0) is 9.53 Å². The largest absolute Gasteiger partial charge is 0.491 e. The summed E-state index contributed by atoms with van der Waals surface area (Å²) in [6, 6.07) is 3.37. The molecule has 0 aromatic heterocycles. The zero-order chi connectivity index (χ0) is 12.7. The molecule has 0 bridgehead atoms. The number of thioether (sulfide) groups is 1. The summed E-state index contributed by atoms with van der Waals surface area (Å²) in [5.74, 6) is 0.901. The first-order valence-corrected chi connectivity index (χ1v) is 6.62. The Morgan fingerprint density at radius 3 is 2.94 bits per heavy atom. The van der Waals surface area contributed by atoms with Gasteiger partial charge in [0, 0.05) is 16.3 Å². The van der Waals surface area contributed by atoms with Crippen LogP contribution in [0.25, 0.3) is 0 Å². The number of imide groups is 1.